The summed E-state index contributed by atoms with van der Waals surface area (Å²) in [6.45, 7) is 3.34. The van der Waals surface area contributed by atoms with Crippen molar-refractivity contribution in [1.29, 1.82) is 0 Å². The van der Waals surface area contributed by atoms with Gasteiger partial charge in [0.2, 0.25) is 11.7 Å². The maximum Gasteiger partial charge on any atom is 0.274 e. The van der Waals surface area contributed by atoms with E-state index in [1.807, 2.05) is 71.1 Å². The van der Waals surface area contributed by atoms with Crippen molar-refractivity contribution in [2.75, 3.05) is 20.8 Å². The SMILES string of the molecule is CCN(Cc1ccccc1)C(=O)Cn1cccc1-c1nc(-c2ccc(OC)c(OC)c2)no1. The van der Waals surface area contributed by atoms with Crippen LogP contribution in [0.1, 0.15) is 12.5 Å². The van der Waals surface area contributed by atoms with E-state index < -0.39 is 0 Å². The van der Waals surface area contributed by atoms with E-state index in [2.05, 4.69) is 10.1 Å². The Hall–Kier alpha value is -4.07. The largest absolute Gasteiger partial charge is 0.493 e. The first kappa shape index (κ1) is 22.1. The van der Waals surface area contributed by atoms with Crippen LogP contribution >= 0.6 is 0 Å². The number of amides is 1. The number of hydrogen-bond donors (Lipinski definition) is 0. The quantitative estimate of drug-likeness (QED) is 0.382. The Morgan fingerprint density at radius 1 is 1.03 bits per heavy atom. The van der Waals surface area contributed by atoms with Gasteiger partial charge in [-0.15, -0.1) is 0 Å². The van der Waals surface area contributed by atoms with E-state index in [4.69, 9.17) is 14.0 Å². The summed E-state index contributed by atoms with van der Waals surface area (Å²) in [5.74, 6) is 1.97. The average Bonchev–Trinajstić information content (AvgIpc) is 3.52. The maximum absolute atomic E-state index is 13.0. The molecule has 0 aliphatic heterocycles. The monoisotopic (exact) mass is 446 g/mol. The highest BCUT2D eigenvalue weighted by Gasteiger charge is 2.19. The molecule has 0 N–H and O–H groups in total. The van der Waals surface area contributed by atoms with Gasteiger partial charge < -0.3 is 23.5 Å². The number of carbonyl (C=O) groups is 1. The van der Waals surface area contributed by atoms with Crippen molar-refractivity contribution >= 4 is 5.91 Å². The Kier molecular flexibility index (Phi) is 6.73. The van der Waals surface area contributed by atoms with Crippen LogP contribution in [0, 0.1) is 0 Å². The summed E-state index contributed by atoms with van der Waals surface area (Å²) in [5.41, 5.74) is 2.51. The third-order valence-corrected chi connectivity index (χ3v) is 5.37. The molecular formula is C25H26N4O4. The summed E-state index contributed by atoms with van der Waals surface area (Å²) in [6.07, 6.45) is 1.84. The first-order valence-corrected chi connectivity index (χ1v) is 10.7. The van der Waals surface area contributed by atoms with E-state index in [1.165, 1.54) is 0 Å². The van der Waals surface area contributed by atoms with Crippen molar-refractivity contribution in [3.63, 3.8) is 0 Å². The predicted molar refractivity (Wildman–Crippen MR) is 124 cm³/mol. The molecule has 0 atom stereocenters. The van der Waals surface area contributed by atoms with Crippen molar-refractivity contribution in [3.05, 3.63) is 72.4 Å². The molecule has 4 rings (SSSR count). The second-order valence-electron chi connectivity index (χ2n) is 7.41. The molecule has 8 nitrogen and oxygen atoms in total. The topological polar surface area (TPSA) is 82.6 Å². The number of methoxy groups -OCH3 is 2. The molecule has 8 heteroatoms. The van der Waals surface area contributed by atoms with Gasteiger partial charge in [0.15, 0.2) is 11.5 Å². The van der Waals surface area contributed by atoms with Crippen LogP contribution in [0.25, 0.3) is 23.0 Å². The zero-order valence-electron chi connectivity index (χ0n) is 18.9. The zero-order valence-corrected chi connectivity index (χ0v) is 18.9. The van der Waals surface area contributed by atoms with Crippen LogP contribution in [0.15, 0.2) is 71.4 Å². The second-order valence-corrected chi connectivity index (χ2v) is 7.41. The summed E-state index contributed by atoms with van der Waals surface area (Å²) in [6, 6.07) is 19.1. The number of likely N-dealkylation sites (N-methyl/N-ethyl adjacent to an activating group) is 1. The lowest BCUT2D eigenvalue weighted by Gasteiger charge is -2.21. The summed E-state index contributed by atoms with van der Waals surface area (Å²) in [7, 11) is 3.16. The molecule has 0 unspecified atom stereocenters. The van der Waals surface area contributed by atoms with Gasteiger partial charge in [-0.2, -0.15) is 4.98 Å². The third-order valence-electron chi connectivity index (χ3n) is 5.37. The van der Waals surface area contributed by atoms with Gasteiger partial charge in [0.25, 0.3) is 5.89 Å². The van der Waals surface area contributed by atoms with Gasteiger partial charge in [0.05, 0.1) is 14.2 Å². The molecule has 4 aromatic rings. The van der Waals surface area contributed by atoms with Crippen molar-refractivity contribution in [3.8, 4) is 34.5 Å². The second kappa shape index (κ2) is 10.0. The van der Waals surface area contributed by atoms with Gasteiger partial charge in [-0.05, 0) is 42.8 Å². The maximum atomic E-state index is 13.0. The summed E-state index contributed by atoms with van der Waals surface area (Å²) in [4.78, 5) is 19.4. The molecule has 2 aromatic carbocycles. The average molecular weight is 447 g/mol. The minimum absolute atomic E-state index is 0.0124. The molecule has 33 heavy (non-hydrogen) atoms. The summed E-state index contributed by atoms with van der Waals surface area (Å²) >= 11 is 0. The molecule has 0 aliphatic carbocycles. The number of aromatic nitrogens is 3. The Morgan fingerprint density at radius 2 is 1.82 bits per heavy atom. The molecule has 0 aliphatic rings. The fourth-order valence-corrected chi connectivity index (χ4v) is 3.59. The third kappa shape index (κ3) is 4.90. The van der Waals surface area contributed by atoms with E-state index >= 15 is 0 Å². The lowest BCUT2D eigenvalue weighted by molar-refractivity contribution is -0.132. The Morgan fingerprint density at radius 3 is 2.55 bits per heavy atom. The lowest BCUT2D eigenvalue weighted by Crippen LogP contribution is -2.33. The van der Waals surface area contributed by atoms with Crippen LogP contribution in [0.4, 0.5) is 0 Å². The Balaban J connectivity index is 1.52. The predicted octanol–water partition coefficient (Wildman–Crippen LogP) is 4.27. The van der Waals surface area contributed by atoms with Gasteiger partial charge in [0.1, 0.15) is 12.2 Å². The van der Waals surface area contributed by atoms with Crippen LogP contribution in [-0.4, -0.2) is 46.3 Å². The normalized spacial score (nSPS) is 10.8. The van der Waals surface area contributed by atoms with Crippen LogP contribution in [0.3, 0.4) is 0 Å². The first-order valence-electron chi connectivity index (χ1n) is 10.7. The van der Waals surface area contributed by atoms with Crippen LogP contribution < -0.4 is 9.47 Å². The minimum Gasteiger partial charge on any atom is -0.493 e. The fraction of sp³-hybridized carbons (Fsp3) is 0.240. The van der Waals surface area contributed by atoms with Crippen molar-refractivity contribution in [2.24, 2.45) is 0 Å². The standard InChI is InChI=1S/C25H26N4O4/c1-4-28(16-18-9-6-5-7-10-18)23(30)17-29-14-8-11-20(29)25-26-24(27-33-25)19-12-13-21(31-2)22(15-19)32-3/h5-15H,4,16-17H2,1-3H3. The number of ether oxygens (including phenoxy) is 2. The van der Waals surface area contributed by atoms with E-state index in [-0.39, 0.29) is 12.5 Å². The van der Waals surface area contributed by atoms with Crippen LogP contribution in [-0.2, 0) is 17.9 Å². The van der Waals surface area contributed by atoms with E-state index in [0.717, 1.165) is 11.1 Å². The minimum atomic E-state index is 0.0124. The lowest BCUT2D eigenvalue weighted by atomic mass is 10.2. The molecule has 0 fully saturated rings. The fourth-order valence-electron chi connectivity index (χ4n) is 3.59. The van der Waals surface area contributed by atoms with E-state index in [0.29, 0.717) is 42.0 Å². The molecule has 170 valence electrons. The molecule has 0 saturated carbocycles. The van der Waals surface area contributed by atoms with Crippen molar-refractivity contribution in [1.82, 2.24) is 19.6 Å². The molecule has 0 bridgehead atoms. The van der Waals surface area contributed by atoms with Crippen LogP contribution in [0.2, 0.25) is 0 Å². The van der Waals surface area contributed by atoms with Gasteiger partial charge in [-0.1, -0.05) is 35.5 Å². The van der Waals surface area contributed by atoms with E-state index in [1.54, 1.807) is 26.4 Å². The van der Waals surface area contributed by atoms with Crippen molar-refractivity contribution < 1.29 is 18.8 Å². The van der Waals surface area contributed by atoms with Gasteiger partial charge >= 0.3 is 0 Å². The molecule has 0 spiro atoms. The molecule has 0 saturated heterocycles. The Labute approximate surface area is 192 Å². The van der Waals surface area contributed by atoms with Crippen molar-refractivity contribution in [2.45, 2.75) is 20.0 Å². The highest BCUT2D eigenvalue weighted by atomic mass is 16.5. The van der Waals surface area contributed by atoms with Gasteiger partial charge in [-0.25, -0.2) is 0 Å². The number of carbonyl (C=O) groups excluding carboxylic acids is 1. The number of hydrogen-bond acceptors (Lipinski definition) is 6. The molecular weight excluding hydrogens is 420 g/mol. The smallest absolute Gasteiger partial charge is 0.274 e. The zero-order chi connectivity index (χ0) is 23.2. The Bertz CT molecular complexity index is 1220. The molecule has 2 aromatic heterocycles. The first-order chi connectivity index (χ1) is 16.1. The molecule has 0 radical (unpaired) electrons. The summed E-state index contributed by atoms with van der Waals surface area (Å²) < 4.78 is 18.0. The summed E-state index contributed by atoms with van der Waals surface area (Å²) in [5, 5.41) is 4.11. The highest BCUT2D eigenvalue weighted by molar-refractivity contribution is 5.76. The number of rotatable bonds is 9. The molecule has 2 heterocycles. The van der Waals surface area contributed by atoms with E-state index in [9.17, 15) is 4.79 Å². The van der Waals surface area contributed by atoms with Gasteiger partial charge in [-0.3, -0.25) is 4.79 Å². The number of benzene rings is 2. The highest BCUT2D eigenvalue weighted by Crippen LogP contribution is 2.32. The van der Waals surface area contributed by atoms with Gasteiger partial charge in [0, 0.05) is 24.8 Å². The van der Waals surface area contributed by atoms with Crippen LogP contribution in [0.5, 0.6) is 11.5 Å². The molecule has 1 amide bonds. The number of nitrogens with zero attached hydrogens (tertiary/aromatic N) is 4.